The van der Waals surface area contributed by atoms with Gasteiger partial charge < -0.3 is 15.8 Å². The molecule has 3 N–H and O–H groups in total. The lowest BCUT2D eigenvalue weighted by molar-refractivity contribution is 0.0953. The van der Waals surface area contributed by atoms with E-state index < -0.39 is 0 Å². The Morgan fingerprint density at radius 1 is 1.35 bits per heavy atom. The van der Waals surface area contributed by atoms with E-state index in [0.29, 0.717) is 25.3 Å². The summed E-state index contributed by atoms with van der Waals surface area (Å²) in [5.41, 5.74) is 7.06. The first-order valence-corrected chi connectivity index (χ1v) is 5.34. The lowest BCUT2D eigenvalue weighted by atomic mass is 10.1. The average molecular weight is 259 g/mol. The predicted molar refractivity (Wildman–Crippen MR) is 70.4 cm³/mol. The zero-order chi connectivity index (χ0) is 11.8. The Labute approximate surface area is 108 Å². The normalized spacial score (nSPS) is 9.53. The lowest BCUT2D eigenvalue weighted by Crippen LogP contribution is -2.25. The van der Waals surface area contributed by atoms with Crippen molar-refractivity contribution in [2.45, 2.75) is 13.0 Å². The van der Waals surface area contributed by atoms with Gasteiger partial charge in [-0.25, -0.2) is 0 Å². The van der Waals surface area contributed by atoms with Crippen LogP contribution in [-0.4, -0.2) is 26.1 Å². The van der Waals surface area contributed by atoms with Crippen LogP contribution >= 0.6 is 12.4 Å². The van der Waals surface area contributed by atoms with Crippen molar-refractivity contribution in [2.75, 3.05) is 20.2 Å². The number of nitrogens with two attached hydrogens (primary N) is 1. The van der Waals surface area contributed by atoms with Crippen molar-refractivity contribution in [2.24, 2.45) is 5.73 Å². The Kier molecular flexibility index (Phi) is 8.40. The Balaban J connectivity index is 0.00000256. The molecule has 4 nitrogen and oxygen atoms in total. The van der Waals surface area contributed by atoms with Crippen LogP contribution in [0, 0.1) is 0 Å². The van der Waals surface area contributed by atoms with Gasteiger partial charge in [-0.2, -0.15) is 0 Å². The largest absolute Gasteiger partial charge is 0.380 e. The third kappa shape index (κ3) is 5.68. The predicted octanol–water partition coefficient (Wildman–Crippen LogP) is 1.33. The fourth-order valence-corrected chi connectivity index (χ4v) is 1.33. The van der Waals surface area contributed by atoms with Crippen molar-refractivity contribution in [3.05, 3.63) is 35.4 Å². The summed E-state index contributed by atoms with van der Waals surface area (Å²) in [7, 11) is 1.65. The highest BCUT2D eigenvalue weighted by Gasteiger charge is 2.03. The quantitative estimate of drug-likeness (QED) is 0.757. The van der Waals surface area contributed by atoms with Crippen molar-refractivity contribution < 1.29 is 9.53 Å². The van der Waals surface area contributed by atoms with Gasteiger partial charge in [0.15, 0.2) is 0 Å². The molecule has 0 heterocycles. The molecule has 1 rings (SSSR count). The molecule has 0 aliphatic heterocycles. The summed E-state index contributed by atoms with van der Waals surface area (Å²) < 4.78 is 4.99. The highest BCUT2D eigenvalue weighted by Crippen LogP contribution is 2.05. The van der Waals surface area contributed by atoms with Crippen LogP contribution in [0.5, 0.6) is 0 Å². The van der Waals surface area contributed by atoms with Crippen molar-refractivity contribution >= 4 is 18.3 Å². The van der Waals surface area contributed by atoms with Gasteiger partial charge in [-0.15, -0.1) is 12.4 Å². The Hall–Kier alpha value is -1.10. The second kappa shape index (κ2) is 8.98. The molecule has 1 aromatic rings. The van der Waals surface area contributed by atoms with E-state index in [9.17, 15) is 4.79 Å². The van der Waals surface area contributed by atoms with Gasteiger partial charge in [-0.05, 0) is 30.7 Å². The maximum Gasteiger partial charge on any atom is 0.251 e. The molecule has 1 amide bonds. The first-order valence-electron chi connectivity index (χ1n) is 5.34. The number of nitrogens with one attached hydrogen (secondary N) is 1. The number of benzene rings is 1. The molecule has 0 spiro atoms. The van der Waals surface area contributed by atoms with Crippen molar-refractivity contribution in [1.29, 1.82) is 0 Å². The molecule has 0 radical (unpaired) electrons. The summed E-state index contributed by atoms with van der Waals surface area (Å²) in [6.45, 7) is 1.78. The van der Waals surface area contributed by atoms with E-state index in [1.165, 1.54) is 0 Å². The SMILES string of the molecule is COCc1ccc(C(=O)NCCCN)cc1.Cl. The van der Waals surface area contributed by atoms with Gasteiger partial charge in [0.2, 0.25) is 0 Å². The van der Waals surface area contributed by atoms with E-state index >= 15 is 0 Å². The molecular formula is C12H19ClN2O2. The molecule has 0 aromatic heterocycles. The monoisotopic (exact) mass is 258 g/mol. The second-order valence-corrected chi connectivity index (χ2v) is 3.53. The van der Waals surface area contributed by atoms with E-state index in [1.807, 2.05) is 12.1 Å². The molecule has 96 valence electrons. The van der Waals surface area contributed by atoms with E-state index in [4.69, 9.17) is 10.5 Å². The van der Waals surface area contributed by atoms with Crippen LogP contribution in [-0.2, 0) is 11.3 Å². The van der Waals surface area contributed by atoms with Gasteiger partial charge >= 0.3 is 0 Å². The number of ether oxygens (including phenoxy) is 1. The number of methoxy groups -OCH3 is 1. The summed E-state index contributed by atoms with van der Waals surface area (Å²) in [5.74, 6) is -0.0579. The smallest absolute Gasteiger partial charge is 0.251 e. The highest BCUT2D eigenvalue weighted by atomic mass is 35.5. The fourth-order valence-electron chi connectivity index (χ4n) is 1.33. The standard InChI is InChI=1S/C12H18N2O2.ClH/c1-16-9-10-3-5-11(6-4-10)12(15)14-8-2-7-13;/h3-6H,2,7-9,13H2,1H3,(H,14,15);1H. The number of carbonyl (C=O) groups is 1. The van der Waals surface area contributed by atoms with Gasteiger partial charge in [-0.3, -0.25) is 4.79 Å². The minimum Gasteiger partial charge on any atom is -0.380 e. The molecular weight excluding hydrogens is 240 g/mol. The van der Waals surface area contributed by atoms with Crippen LogP contribution in [0.4, 0.5) is 0 Å². The molecule has 0 fully saturated rings. The minimum atomic E-state index is -0.0579. The van der Waals surface area contributed by atoms with Gasteiger partial charge in [-0.1, -0.05) is 12.1 Å². The zero-order valence-corrected chi connectivity index (χ0v) is 10.8. The Morgan fingerprint density at radius 3 is 2.53 bits per heavy atom. The molecule has 0 unspecified atom stereocenters. The van der Waals surface area contributed by atoms with Crippen LogP contribution in [0.2, 0.25) is 0 Å². The molecule has 0 atom stereocenters. The number of hydrogen-bond donors (Lipinski definition) is 2. The molecule has 5 heteroatoms. The maximum absolute atomic E-state index is 11.6. The van der Waals surface area contributed by atoms with Crippen LogP contribution in [0.3, 0.4) is 0 Å². The van der Waals surface area contributed by atoms with Crippen LogP contribution in [0.1, 0.15) is 22.3 Å². The van der Waals surface area contributed by atoms with Crippen LogP contribution in [0.15, 0.2) is 24.3 Å². The maximum atomic E-state index is 11.6. The highest BCUT2D eigenvalue weighted by molar-refractivity contribution is 5.94. The number of amides is 1. The molecule has 0 aliphatic rings. The summed E-state index contributed by atoms with van der Waals surface area (Å²) >= 11 is 0. The second-order valence-electron chi connectivity index (χ2n) is 3.53. The molecule has 17 heavy (non-hydrogen) atoms. The van der Waals surface area contributed by atoms with Crippen LogP contribution in [0.25, 0.3) is 0 Å². The Morgan fingerprint density at radius 2 is 2.00 bits per heavy atom. The van der Waals surface area contributed by atoms with Crippen molar-refractivity contribution in [1.82, 2.24) is 5.32 Å². The number of rotatable bonds is 6. The van der Waals surface area contributed by atoms with E-state index in [0.717, 1.165) is 12.0 Å². The first-order chi connectivity index (χ1) is 7.77. The topological polar surface area (TPSA) is 64.3 Å². The molecule has 0 saturated carbocycles. The molecule has 0 saturated heterocycles. The molecule has 0 aliphatic carbocycles. The zero-order valence-electron chi connectivity index (χ0n) is 9.94. The molecule has 1 aromatic carbocycles. The summed E-state index contributed by atoms with van der Waals surface area (Å²) in [6.07, 6.45) is 0.799. The van der Waals surface area contributed by atoms with Gasteiger partial charge in [0.25, 0.3) is 5.91 Å². The summed E-state index contributed by atoms with van der Waals surface area (Å²) in [4.78, 5) is 11.6. The minimum absolute atomic E-state index is 0. The van der Waals surface area contributed by atoms with Crippen molar-refractivity contribution in [3.8, 4) is 0 Å². The van der Waals surface area contributed by atoms with E-state index in [-0.39, 0.29) is 18.3 Å². The third-order valence-corrected chi connectivity index (χ3v) is 2.19. The van der Waals surface area contributed by atoms with Gasteiger partial charge in [0.1, 0.15) is 0 Å². The number of halogens is 1. The number of carbonyl (C=O) groups excluding carboxylic acids is 1. The van der Waals surface area contributed by atoms with Gasteiger partial charge in [0.05, 0.1) is 6.61 Å². The lowest BCUT2D eigenvalue weighted by Gasteiger charge is -2.05. The third-order valence-electron chi connectivity index (χ3n) is 2.19. The van der Waals surface area contributed by atoms with E-state index in [1.54, 1.807) is 19.2 Å². The van der Waals surface area contributed by atoms with Crippen molar-refractivity contribution in [3.63, 3.8) is 0 Å². The van der Waals surface area contributed by atoms with Gasteiger partial charge in [0, 0.05) is 19.2 Å². The van der Waals surface area contributed by atoms with Crippen LogP contribution < -0.4 is 11.1 Å². The summed E-state index contributed by atoms with van der Waals surface area (Å²) in [6, 6.07) is 7.38. The fraction of sp³-hybridized carbons (Fsp3) is 0.417. The molecule has 0 bridgehead atoms. The summed E-state index contributed by atoms with van der Waals surface area (Å²) in [5, 5.41) is 2.80. The average Bonchev–Trinajstić information content (AvgIpc) is 2.30. The Bertz CT molecular complexity index is 328. The first kappa shape index (κ1) is 15.9. The number of hydrogen-bond acceptors (Lipinski definition) is 3. The van der Waals surface area contributed by atoms with E-state index in [2.05, 4.69) is 5.32 Å².